The molecule has 0 saturated carbocycles. The number of carbonyl (C=O) groups is 1. The van der Waals surface area contributed by atoms with Gasteiger partial charge < -0.3 is 5.11 Å². The summed E-state index contributed by atoms with van der Waals surface area (Å²) in [6, 6.07) is 8.13. The van der Waals surface area contributed by atoms with Crippen LogP contribution in [-0.2, 0) is 11.2 Å². The fourth-order valence-electron chi connectivity index (χ4n) is 2.40. The van der Waals surface area contributed by atoms with Crippen LogP contribution in [0.3, 0.4) is 0 Å². The molecule has 1 aromatic rings. The van der Waals surface area contributed by atoms with Gasteiger partial charge in [0.2, 0.25) is 0 Å². The zero-order chi connectivity index (χ0) is 11.7. The van der Waals surface area contributed by atoms with Crippen molar-refractivity contribution in [3.05, 3.63) is 35.4 Å². The van der Waals surface area contributed by atoms with Gasteiger partial charge in [-0.15, -0.1) is 0 Å². The Morgan fingerprint density at radius 1 is 1.50 bits per heavy atom. The van der Waals surface area contributed by atoms with Crippen molar-refractivity contribution in [2.45, 2.75) is 31.8 Å². The number of hydrogen-bond acceptors (Lipinski definition) is 2. The smallest absolute Gasteiger partial charge is 0.320 e. The van der Waals surface area contributed by atoms with Crippen molar-refractivity contribution in [2.75, 3.05) is 7.05 Å². The molecule has 0 aromatic heterocycles. The van der Waals surface area contributed by atoms with Gasteiger partial charge in [0.15, 0.2) is 0 Å². The molecule has 2 rings (SSSR count). The molecule has 0 radical (unpaired) electrons. The van der Waals surface area contributed by atoms with Gasteiger partial charge in [0.25, 0.3) is 0 Å². The summed E-state index contributed by atoms with van der Waals surface area (Å²) < 4.78 is 0. The van der Waals surface area contributed by atoms with E-state index in [4.69, 9.17) is 5.11 Å². The van der Waals surface area contributed by atoms with Crippen LogP contribution in [-0.4, -0.2) is 29.1 Å². The summed E-state index contributed by atoms with van der Waals surface area (Å²) in [6.07, 6.45) is 2.07. The maximum absolute atomic E-state index is 11.0. The second-order valence-electron chi connectivity index (χ2n) is 4.43. The highest BCUT2D eigenvalue weighted by molar-refractivity contribution is 5.73. The lowest BCUT2D eigenvalue weighted by Gasteiger charge is -2.28. The molecule has 2 atom stereocenters. The Morgan fingerprint density at radius 3 is 2.88 bits per heavy atom. The molecule has 0 amide bonds. The SMILES string of the molecule is CC(C(=O)O)N(C)C1CCc2ccccc21. The third-order valence-corrected chi connectivity index (χ3v) is 3.56. The van der Waals surface area contributed by atoms with Crippen molar-refractivity contribution in [3.63, 3.8) is 0 Å². The Morgan fingerprint density at radius 2 is 2.19 bits per heavy atom. The van der Waals surface area contributed by atoms with Gasteiger partial charge in [0, 0.05) is 6.04 Å². The predicted molar refractivity (Wildman–Crippen MR) is 62.4 cm³/mol. The molecule has 3 heteroatoms. The van der Waals surface area contributed by atoms with Crippen molar-refractivity contribution in [1.82, 2.24) is 4.90 Å². The van der Waals surface area contributed by atoms with E-state index in [1.54, 1.807) is 6.92 Å². The van der Waals surface area contributed by atoms with Crippen LogP contribution >= 0.6 is 0 Å². The number of aliphatic carboxylic acids is 1. The molecule has 0 bridgehead atoms. The molecular formula is C13H17NO2. The number of carboxylic acid groups (broad SMARTS) is 1. The van der Waals surface area contributed by atoms with Crippen LogP contribution in [0.1, 0.15) is 30.5 Å². The topological polar surface area (TPSA) is 40.5 Å². The van der Waals surface area contributed by atoms with Crippen molar-refractivity contribution in [2.24, 2.45) is 0 Å². The van der Waals surface area contributed by atoms with E-state index in [0.29, 0.717) is 0 Å². The van der Waals surface area contributed by atoms with E-state index in [-0.39, 0.29) is 6.04 Å². The maximum atomic E-state index is 11.0. The lowest BCUT2D eigenvalue weighted by atomic mass is 10.1. The Labute approximate surface area is 95.7 Å². The quantitative estimate of drug-likeness (QED) is 0.846. The number of likely N-dealkylation sites (N-methyl/N-ethyl adjacent to an activating group) is 1. The number of aryl methyl sites for hydroxylation is 1. The Hall–Kier alpha value is -1.35. The number of benzene rings is 1. The van der Waals surface area contributed by atoms with Gasteiger partial charge >= 0.3 is 5.97 Å². The molecule has 0 aliphatic heterocycles. The minimum absolute atomic E-state index is 0.252. The lowest BCUT2D eigenvalue weighted by molar-refractivity contribution is -0.143. The van der Waals surface area contributed by atoms with Crippen LogP contribution in [0.4, 0.5) is 0 Å². The second kappa shape index (κ2) is 4.26. The van der Waals surface area contributed by atoms with Crippen LogP contribution in [0.15, 0.2) is 24.3 Å². The van der Waals surface area contributed by atoms with Gasteiger partial charge in [-0.05, 0) is 37.9 Å². The van der Waals surface area contributed by atoms with E-state index in [2.05, 4.69) is 12.1 Å². The summed E-state index contributed by atoms with van der Waals surface area (Å²) in [5, 5.41) is 9.02. The van der Waals surface area contributed by atoms with Crippen LogP contribution in [0, 0.1) is 0 Å². The highest BCUT2D eigenvalue weighted by Crippen LogP contribution is 2.35. The highest BCUT2D eigenvalue weighted by atomic mass is 16.4. The molecule has 1 N–H and O–H groups in total. The molecule has 2 unspecified atom stereocenters. The van der Waals surface area contributed by atoms with Crippen molar-refractivity contribution < 1.29 is 9.90 Å². The van der Waals surface area contributed by atoms with E-state index in [1.165, 1.54) is 11.1 Å². The first-order valence-electron chi connectivity index (χ1n) is 5.64. The molecule has 0 fully saturated rings. The second-order valence-corrected chi connectivity index (χ2v) is 4.43. The first-order valence-corrected chi connectivity index (χ1v) is 5.64. The average Bonchev–Trinajstić information content (AvgIpc) is 2.70. The molecule has 0 saturated heterocycles. The summed E-state index contributed by atoms with van der Waals surface area (Å²) in [5.74, 6) is -0.758. The molecule has 1 aliphatic carbocycles. The van der Waals surface area contributed by atoms with E-state index in [1.807, 2.05) is 24.1 Å². The number of hydrogen-bond donors (Lipinski definition) is 1. The first-order chi connectivity index (χ1) is 7.61. The summed E-state index contributed by atoms with van der Waals surface area (Å²) in [7, 11) is 1.89. The minimum atomic E-state index is -0.758. The largest absolute Gasteiger partial charge is 0.480 e. The van der Waals surface area contributed by atoms with Crippen LogP contribution < -0.4 is 0 Å². The van der Waals surface area contributed by atoms with E-state index < -0.39 is 12.0 Å². The summed E-state index contributed by atoms with van der Waals surface area (Å²) >= 11 is 0. The average molecular weight is 219 g/mol. The molecule has 3 nitrogen and oxygen atoms in total. The minimum Gasteiger partial charge on any atom is -0.480 e. The molecule has 1 aliphatic rings. The van der Waals surface area contributed by atoms with Gasteiger partial charge in [0.1, 0.15) is 6.04 Å². The first kappa shape index (κ1) is 11.1. The Balaban J connectivity index is 2.22. The summed E-state index contributed by atoms with van der Waals surface area (Å²) in [6.45, 7) is 1.74. The molecule has 16 heavy (non-hydrogen) atoms. The number of nitrogens with zero attached hydrogens (tertiary/aromatic N) is 1. The summed E-state index contributed by atoms with van der Waals surface area (Å²) in [4.78, 5) is 12.9. The predicted octanol–water partition coefficient (Wildman–Crippen LogP) is 2.08. The van der Waals surface area contributed by atoms with Gasteiger partial charge in [-0.3, -0.25) is 9.69 Å². The third-order valence-electron chi connectivity index (χ3n) is 3.56. The monoisotopic (exact) mass is 219 g/mol. The van der Waals surface area contributed by atoms with Gasteiger partial charge in [-0.25, -0.2) is 0 Å². The highest BCUT2D eigenvalue weighted by Gasteiger charge is 2.30. The standard InChI is InChI=1S/C13H17NO2/c1-9(13(15)16)14(2)12-8-7-10-5-3-4-6-11(10)12/h3-6,9,12H,7-8H2,1-2H3,(H,15,16). The van der Waals surface area contributed by atoms with Gasteiger partial charge in [0.05, 0.1) is 0 Å². The molecule has 0 heterocycles. The number of rotatable bonds is 3. The zero-order valence-electron chi connectivity index (χ0n) is 9.68. The zero-order valence-corrected chi connectivity index (χ0v) is 9.68. The molecular weight excluding hydrogens is 202 g/mol. The number of fused-ring (bicyclic) bond motifs is 1. The maximum Gasteiger partial charge on any atom is 0.320 e. The van der Waals surface area contributed by atoms with Crippen LogP contribution in [0.25, 0.3) is 0 Å². The summed E-state index contributed by atoms with van der Waals surface area (Å²) in [5.41, 5.74) is 2.65. The van der Waals surface area contributed by atoms with Crippen LogP contribution in [0.2, 0.25) is 0 Å². The van der Waals surface area contributed by atoms with E-state index >= 15 is 0 Å². The van der Waals surface area contributed by atoms with Crippen molar-refractivity contribution >= 4 is 5.97 Å². The normalized spacial score (nSPS) is 20.8. The molecule has 86 valence electrons. The Bertz CT molecular complexity index is 403. The van der Waals surface area contributed by atoms with E-state index in [9.17, 15) is 4.79 Å². The third kappa shape index (κ3) is 1.83. The van der Waals surface area contributed by atoms with Crippen LogP contribution in [0.5, 0.6) is 0 Å². The van der Waals surface area contributed by atoms with Crippen molar-refractivity contribution in [3.8, 4) is 0 Å². The fourth-order valence-corrected chi connectivity index (χ4v) is 2.40. The van der Waals surface area contributed by atoms with Crippen molar-refractivity contribution in [1.29, 1.82) is 0 Å². The molecule has 0 spiro atoms. The Kier molecular flexibility index (Phi) is 2.97. The van der Waals surface area contributed by atoms with Gasteiger partial charge in [-0.1, -0.05) is 24.3 Å². The van der Waals surface area contributed by atoms with Gasteiger partial charge in [-0.2, -0.15) is 0 Å². The van der Waals surface area contributed by atoms with E-state index in [0.717, 1.165) is 12.8 Å². The number of carboxylic acids is 1. The lowest BCUT2D eigenvalue weighted by Crippen LogP contribution is -2.37. The fraction of sp³-hybridized carbons (Fsp3) is 0.462. The molecule has 1 aromatic carbocycles.